The first-order valence-corrected chi connectivity index (χ1v) is 18.2. The highest BCUT2D eigenvalue weighted by Crippen LogP contribution is 2.64. The molecule has 4 aromatic rings. The lowest BCUT2D eigenvalue weighted by atomic mass is 10.4. The lowest BCUT2D eigenvalue weighted by molar-refractivity contribution is 0.693. The smallest absolute Gasteiger partial charge is 0.0754 e. The predicted molar refractivity (Wildman–Crippen MR) is 163 cm³/mol. The number of thioether (sulfide) groups is 1. The lowest BCUT2D eigenvalue weighted by Gasteiger charge is -2.44. The Labute approximate surface area is 218 Å². The Morgan fingerprint density at radius 2 is 0.853 bits per heavy atom. The zero-order chi connectivity index (χ0) is 23.9. The third kappa shape index (κ3) is 5.19. The standard InChI is InChI=1S/C28H29NP2S3/c1-34-24-14-23-29(30(32,25-15-6-2-7-16-25)26-17-8-3-9-18-26)31(33,27-19-10-4-11-20-27)28-21-12-5-13-22-28/h2-13,15-22H,14,23-24H2,1H3. The predicted octanol–water partition coefficient (Wildman–Crippen LogP) is 6.13. The summed E-state index contributed by atoms with van der Waals surface area (Å²) in [7, 11) is 0. The minimum absolute atomic E-state index is 0.864. The van der Waals surface area contributed by atoms with E-state index in [1.54, 1.807) is 0 Å². The number of nitrogens with zero attached hydrogens (tertiary/aromatic N) is 1. The number of rotatable bonds is 10. The highest BCUT2D eigenvalue weighted by atomic mass is 32.5. The summed E-state index contributed by atoms with van der Waals surface area (Å²) in [4.78, 5) is 0. The van der Waals surface area contributed by atoms with Crippen LogP contribution in [-0.2, 0) is 23.6 Å². The van der Waals surface area contributed by atoms with Crippen molar-refractivity contribution in [2.75, 3.05) is 18.6 Å². The molecule has 0 atom stereocenters. The number of hydrogen-bond acceptors (Lipinski definition) is 3. The van der Waals surface area contributed by atoms with E-state index < -0.39 is 12.4 Å². The minimum atomic E-state index is -2.42. The highest BCUT2D eigenvalue weighted by Gasteiger charge is 2.40. The van der Waals surface area contributed by atoms with Gasteiger partial charge < -0.3 is 0 Å². The first-order valence-electron chi connectivity index (χ1n) is 11.3. The van der Waals surface area contributed by atoms with Gasteiger partial charge in [0.05, 0.1) is 12.4 Å². The average Bonchev–Trinajstić information content (AvgIpc) is 2.92. The van der Waals surface area contributed by atoms with Crippen LogP contribution in [0.25, 0.3) is 0 Å². The summed E-state index contributed by atoms with van der Waals surface area (Å²) in [6.07, 6.45) is -1.64. The third-order valence-electron chi connectivity index (χ3n) is 5.78. The molecule has 0 aliphatic rings. The molecule has 0 spiro atoms. The highest BCUT2D eigenvalue weighted by molar-refractivity contribution is 8.29. The van der Waals surface area contributed by atoms with Gasteiger partial charge in [0.2, 0.25) is 0 Å². The van der Waals surface area contributed by atoms with Crippen molar-refractivity contribution in [2.45, 2.75) is 6.42 Å². The molecule has 0 bridgehead atoms. The van der Waals surface area contributed by atoms with E-state index in [4.69, 9.17) is 23.6 Å². The Balaban J connectivity index is 2.04. The van der Waals surface area contributed by atoms with Gasteiger partial charge in [0.15, 0.2) is 0 Å². The maximum absolute atomic E-state index is 6.85. The summed E-state index contributed by atoms with van der Waals surface area (Å²) < 4.78 is 2.59. The van der Waals surface area contributed by atoms with Crippen molar-refractivity contribution in [3.05, 3.63) is 121 Å². The van der Waals surface area contributed by atoms with Gasteiger partial charge in [-0.15, -0.1) is 0 Å². The Bertz CT molecular complexity index is 1080. The largest absolute Gasteiger partial charge is 0.231 e. The molecule has 0 aromatic heterocycles. The molecule has 0 aliphatic heterocycles. The van der Waals surface area contributed by atoms with E-state index in [-0.39, 0.29) is 0 Å². The number of benzene rings is 4. The summed E-state index contributed by atoms with van der Waals surface area (Å²) in [6, 6.07) is 42.7. The van der Waals surface area contributed by atoms with Crippen LogP contribution in [-0.4, -0.2) is 23.0 Å². The van der Waals surface area contributed by atoms with Crippen LogP contribution in [0.3, 0.4) is 0 Å². The van der Waals surface area contributed by atoms with E-state index in [2.05, 4.69) is 132 Å². The van der Waals surface area contributed by atoms with Crippen molar-refractivity contribution < 1.29 is 0 Å². The fourth-order valence-corrected chi connectivity index (χ4v) is 16.4. The Hall–Kier alpha value is -1.51. The van der Waals surface area contributed by atoms with Crippen LogP contribution in [0.2, 0.25) is 0 Å². The third-order valence-corrected chi connectivity index (χ3v) is 18.2. The minimum Gasteiger partial charge on any atom is -0.231 e. The van der Waals surface area contributed by atoms with E-state index in [1.165, 1.54) is 21.2 Å². The second-order valence-corrected chi connectivity index (χ2v) is 17.7. The van der Waals surface area contributed by atoms with Gasteiger partial charge in [0.1, 0.15) is 0 Å². The van der Waals surface area contributed by atoms with E-state index >= 15 is 0 Å². The molecule has 0 saturated carbocycles. The lowest BCUT2D eigenvalue weighted by Crippen LogP contribution is -2.37. The van der Waals surface area contributed by atoms with Crippen LogP contribution in [0.15, 0.2) is 121 Å². The van der Waals surface area contributed by atoms with Crippen LogP contribution >= 0.6 is 24.1 Å². The maximum atomic E-state index is 6.85. The van der Waals surface area contributed by atoms with Crippen LogP contribution in [0.1, 0.15) is 6.42 Å². The molecule has 1 nitrogen and oxygen atoms in total. The van der Waals surface area contributed by atoms with Crippen LogP contribution in [0.5, 0.6) is 0 Å². The van der Waals surface area contributed by atoms with E-state index in [0.29, 0.717) is 0 Å². The fourth-order valence-electron chi connectivity index (χ4n) is 4.16. The topological polar surface area (TPSA) is 3.24 Å². The van der Waals surface area contributed by atoms with Crippen LogP contribution < -0.4 is 21.2 Å². The summed E-state index contributed by atoms with van der Waals surface area (Å²) in [5.41, 5.74) is 0. The van der Waals surface area contributed by atoms with Gasteiger partial charge >= 0.3 is 0 Å². The van der Waals surface area contributed by atoms with Gasteiger partial charge in [-0.05, 0) is 18.4 Å². The summed E-state index contributed by atoms with van der Waals surface area (Å²) in [5.74, 6) is 1.08. The molecule has 6 heteroatoms. The molecule has 0 amide bonds. The Morgan fingerprint density at radius 3 is 1.12 bits per heavy atom. The summed E-state index contributed by atoms with van der Waals surface area (Å²) >= 11 is 15.6. The monoisotopic (exact) mass is 537 g/mol. The van der Waals surface area contributed by atoms with E-state index in [1.807, 2.05) is 11.8 Å². The Morgan fingerprint density at radius 1 is 0.559 bits per heavy atom. The molecule has 4 aromatic carbocycles. The molecule has 0 aliphatic carbocycles. The normalized spacial score (nSPS) is 12.1. The number of hydrogen-bond donors (Lipinski definition) is 0. The molecule has 174 valence electrons. The van der Waals surface area contributed by atoms with Crippen LogP contribution in [0, 0.1) is 0 Å². The Kier molecular flexibility index (Phi) is 8.99. The summed E-state index contributed by atoms with van der Waals surface area (Å²) in [6.45, 7) is 0.864. The van der Waals surface area contributed by atoms with Crippen molar-refractivity contribution >= 4 is 69.0 Å². The molecule has 0 fully saturated rings. The zero-order valence-electron chi connectivity index (χ0n) is 19.2. The zero-order valence-corrected chi connectivity index (χ0v) is 23.5. The maximum Gasteiger partial charge on any atom is 0.0754 e. The molecule has 34 heavy (non-hydrogen) atoms. The van der Waals surface area contributed by atoms with Crippen molar-refractivity contribution in [3.63, 3.8) is 0 Å². The van der Waals surface area contributed by atoms with Crippen molar-refractivity contribution in [1.82, 2.24) is 4.44 Å². The van der Waals surface area contributed by atoms with Gasteiger partial charge in [0.25, 0.3) is 0 Å². The average molecular weight is 538 g/mol. The molecule has 0 radical (unpaired) electrons. The first kappa shape index (κ1) is 25.6. The van der Waals surface area contributed by atoms with E-state index in [0.717, 1.165) is 18.7 Å². The molecule has 0 saturated heterocycles. The molecular weight excluding hydrogens is 508 g/mol. The first-order chi connectivity index (χ1) is 16.6. The molecule has 0 unspecified atom stereocenters. The van der Waals surface area contributed by atoms with Crippen molar-refractivity contribution in [1.29, 1.82) is 0 Å². The second-order valence-electron chi connectivity index (χ2n) is 7.94. The molecule has 0 heterocycles. The fraction of sp³-hybridized carbons (Fsp3) is 0.143. The van der Waals surface area contributed by atoms with Gasteiger partial charge in [-0.25, -0.2) is 4.44 Å². The van der Waals surface area contributed by atoms with Gasteiger partial charge in [-0.1, -0.05) is 145 Å². The SMILES string of the molecule is CSCCCN(P(=S)(c1ccccc1)c1ccccc1)P(=S)(c1ccccc1)c1ccccc1. The second kappa shape index (κ2) is 12.0. The molecule has 4 rings (SSSR count). The van der Waals surface area contributed by atoms with Crippen molar-refractivity contribution in [3.8, 4) is 0 Å². The summed E-state index contributed by atoms with van der Waals surface area (Å²) in [5, 5.41) is 4.78. The molecular formula is C28H29NP2S3. The van der Waals surface area contributed by atoms with Gasteiger partial charge in [-0.3, -0.25) is 0 Å². The quantitative estimate of drug-likeness (QED) is 0.177. The van der Waals surface area contributed by atoms with E-state index in [9.17, 15) is 0 Å². The molecule has 0 N–H and O–H groups in total. The van der Waals surface area contributed by atoms with Gasteiger partial charge in [-0.2, -0.15) is 11.8 Å². The van der Waals surface area contributed by atoms with Gasteiger partial charge in [0, 0.05) is 27.8 Å². The van der Waals surface area contributed by atoms with Crippen molar-refractivity contribution in [2.24, 2.45) is 0 Å². The van der Waals surface area contributed by atoms with Crippen LogP contribution in [0.4, 0.5) is 0 Å².